The van der Waals surface area contributed by atoms with Gasteiger partial charge in [-0.2, -0.15) is 4.31 Å². The topological polar surface area (TPSA) is 118 Å². The van der Waals surface area contributed by atoms with Gasteiger partial charge in [0.1, 0.15) is 5.54 Å². The number of carboxylic acid groups (broad SMARTS) is 1. The van der Waals surface area contributed by atoms with Crippen molar-refractivity contribution in [3.63, 3.8) is 0 Å². The van der Waals surface area contributed by atoms with Crippen LogP contribution in [-0.4, -0.2) is 41.3 Å². The average molecular weight is 316 g/mol. The first-order valence-electron chi connectivity index (χ1n) is 5.90. The molecule has 0 saturated heterocycles. The van der Waals surface area contributed by atoms with E-state index in [1.807, 2.05) is 0 Å². The Bertz CT molecular complexity index is 696. The van der Waals surface area contributed by atoms with Crippen molar-refractivity contribution in [3.05, 3.63) is 33.9 Å². The standard InChI is InChI=1S/C12H16N2O6S/c1-8-9(14(17)18)6-5-7-10(8)21(19,20)13(4)12(2,3)11(15)16/h5-7H,1-4H3,(H,15,16). The van der Waals surface area contributed by atoms with Crippen molar-refractivity contribution in [2.45, 2.75) is 31.2 Å². The highest BCUT2D eigenvalue weighted by molar-refractivity contribution is 7.89. The van der Waals surface area contributed by atoms with Crippen LogP contribution in [0.2, 0.25) is 0 Å². The number of nitro benzene ring substituents is 1. The first-order chi connectivity index (χ1) is 9.44. The number of aliphatic carboxylic acids is 1. The molecular formula is C12H16N2O6S. The molecule has 1 rings (SSSR count). The van der Waals surface area contributed by atoms with Gasteiger partial charge in [0.25, 0.3) is 5.69 Å². The molecule has 8 nitrogen and oxygen atoms in total. The molecule has 0 saturated carbocycles. The van der Waals surface area contributed by atoms with E-state index in [0.717, 1.165) is 7.05 Å². The second-order valence-corrected chi connectivity index (χ2v) is 6.93. The van der Waals surface area contributed by atoms with E-state index in [4.69, 9.17) is 5.11 Å². The maximum absolute atomic E-state index is 12.5. The van der Waals surface area contributed by atoms with Gasteiger partial charge >= 0.3 is 5.97 Å². The zero-order valence-corrected chi connectivity index (χ0v) is 12.8. The molecule has 0 fully saturated rings. The van der Waals surface area contributed by atoms with Crippen LogP contribution >= 0.6 is 0 Å². The van der Waals surface area contributed by atoms with Crippen LogP contribution in [0.15, 0.2) is 23.1 Å². The van der Waals surface area contributed by atoms with Crippen LogP contribution in [0.1, 0.15) is 19.4 Å². The molecule has 1 aromatic carbocycles. The van der Waals surface area contributed by atoms with Gasteiger partial charge in [-0.25, -0.2) is 8.42 Å². The fourth-order valence-corrected chi connectivity index (χ4v) is 3.38. The van der Waals surface area contributed by atoms with E-state index < -0.39 is 26.5 Å². The van der Waals surface area contributed by atoms with E-state index in [-0.39, 0.29) is 16.1 Å². The predicted octanol–water partition coefficient (Wildman–Crippen LogP) is 1.39. The highest BCUT2D eigenvalue weighted by Gasteiger charge is 2.41. The molecule has 0 aliphatic rings. The van der Waals surface area contributed by atoms with Gasteiger partial charge in [0.2, 0.25) is 10.0 Å². The summed E-state index contributed by atoms with van der Waals surface area (Å²) in [5, 5.41) is 20.0. The van der Waals surface area contributed by atoms with Crippen molar-refractivity contribution >= 4 is 21.7 Å². The zero-order chi connectivity index (χ0) is 16.6. The molecule has 0 aromatic heterocycles. The Balaban J connectivity index is 3.50. The van der Waals surface area contributed by atoms with Crippen molar-refractivity contribution in [2.24, 2.45) is 0 Å². The number of nitro groups is 1. The molecular weight excluding hydrogens is 300 g/mol. The Morgan fingerprint density at radius 3 is 2.33 bits per heavy atom. The summed E-state index contributed by atoms with van der Waals surface area (Å²) in [7, 11) is -3.05. The Labute approximate surface area is 122 Å². The van der Waals surface area contributed by atoms with Crippen LogP contribution in [0.3, 0.4) is 0 Å². The second kappa shape index (κ2) is 5.41. The van der Waals surface area contributed by atoms with Crippen molar-refractivity contribution in [3.8, 4) is 0 Å². The first-order valence-corrected chi connectivity index (χ1v) is 7.34. The van der Waals surface area contributed by atoms with E-state index >= 15 is 0 Å². The smallest absolute Gasteiger partial charge is 0.324 e. The molecule has 21 heavy (non-hydrogen) atoms. The SMILES string of the molecule is Cc1c([N+](=O)[O-])cccc1S(=O)(=O)N(C)C(C)(C)C(=O)O. The van der Waals surface area contributed by atoms with Crippen molar-refractivity contribution < 1.29 is 23.2 Å². The van der Waals surface area contributed by atoms with Crippen LogP contribution in [0.25, 0.3) is 0 Å². The van der Waals surface area contributed by atoms with Crippen LogP contribution in [0, 0.1) is 17.0 Å². The third-order valence-corrected chi connectivity index (χ3v) is 5.58. The van der Waals surface area contributed by atoms with Crippen LogP contribution in [0.4, 0.5) is 5.69 Å². The summed E-state index contributed by atoms with van der Waals surface area (Å²) in [4.78, 5) is 21.1. The summed E-state index contributed by atoms with van der Waals surface area (Å²) < 4.78 is 25.7. The molecule has 0 atom stereocenters. The van der Waals surface area contributed by atoms with Gasteiger partial charge in [-0.1, -0.05) is 6.07 Å². The lowest BCUT2D eigenvalue weighted by Gasteiger charge is -2.30. The molecule has 0 aliphatic heterocycles. The average Bonchev–Trinajstić information content (AvgIpc) is 2.37. The predicted molar refractivity (Wildman–Crippen MR) is 74.5 cm³/mol. The van der Waals surface area contributed by atoms with Crippen molar-refractivity contribution in [1.82, 2.24) is 4.31 Å². The first kappa shape index (κ1) is 17.1. The van der Waals surface area contributed by atoms with Gasteiger partial charge in [0.15, 0.2) is 0 Å². The largest absolute Gasteiger partial charge is 0.480 e. The molecule has 0 aliphatic carbocycles. The third-order valence-electron chi connectivity index (χ3n) is 3.40. The summed E-state index contributed by atoms with van der Waals surface area (Å²) in [5.74, 6) is -1.32. The number of carbonyl (C=O) groups is 1. The fraction of sp³-hybridized carbons (Fsp3) is 0.417. The van der Waals surface area contributed by atoms with Gasteiger partial charge in [-0.3, -0.25) is 14.9 Å². The van der Waals surface area contributed by atoms with E-state index in [1.165, 1.54) is 39.0 Å². The lowest BCUT2D eigenvalue weighted by molar-refractivity contribution is -0.385. The summed E-state index contributed by atoms with van der Waals surface area (Å²) >= 11 is 0. The lowest BCUT2D eigenvalue weighted by Crippen LogP contribution is -2.50. The number of hydrogen-bond acceptors (Lipinski definition) is 5. The molecule has 0 amide bonds. The number of likely N-dealkylation sites (N-methyl/N-ethyl adjacent to an activating group) is 1. The number of carboxylic acids is 1. The van der Waals surface area contributed by atoms with Gasteiger partial charge in [0.05, 0.1) is 9.82 Å². The Hall–Kier alpha value is -2.00. The van der Waals surface area contributed by atoms with Gasteiger partial charge < -0.3 is 5.11 Å². The minimum atomic E-state index is -4.18. The van der Waals surface area contributed by atoms with E-state index in [1.54, 1.807) is 0 Å². The lowest BCUT2D eigenvalue weighted by atomic mass is 10.1. The van der Waals surface area contributed by atoms with Crippen LogP contribution in [-0.2, 0) is 14.8 Å². The number of hydrogen-bond donors (Lipinski definition) is 1. The summed E-state index contributed by atoms with van der Waals surface area (Å²) in [6.07, 6.45) is 0. The Morgan fingerprint density at radius 1 is 1.38 bits per heavy atom. The molecule has 9 heteroatoms. The van der Waals surface area contributed by atoms with Gasteiger partial charge in [0, 0.05) is 18.7 Å². The normalized spacial score (nSPS) is 12.4. The highest BCUT2D eigenvalue weighted by Crippen LogP contribution is 2.29. The van der Waals surface area contributed by atoms with E-state index in [0.29, 0.717) is 4.31 Å². The van der Waals surface area contributed by atoms with Gasteiger partial charge in [-0.05, 0) is 26.8 Å². The molecule has 0 bridgehead atoms. The minimum absolute atomic E-state index is 0.0319. The molecule has 1 aromatic rings. The number of rotatable bonds is 5. The molecule has 0 unspecified atom stereocenters. The van der Waals surface area contributed by atoms with E-state index in [2.05, 4.69) is 0 Å². The molecule has 0 spiro atoms. The van der Waals surface area contributed by atoms with Crippen molar-refractivity contribution in [2.75, 3.05) is 7.05 Å². The Morgan fingerprint density at radius 2 is 1.90 bits per heavy atom. The maximum Gasteiger partial charge on any atom is 0.324 e. The third kappa shape index (κ3) is 2.88. The monoisotopic (exact) mass is 316 g/mol. The second-order valence-electron chi connectivity index (χ2n) is 4.99. The van der Waals surface area contributed by atoms with E-state index in [9.17, 15) is 23.3 Å². The fourth-order valence-electron chi connectivity index (χ4n) is 1.66. The summed E-state index contributed by atoms with van der Waals surface area (Å²) in [6.45, 7) is 3.78. The minimum Gasteiger partial charge on any atom is -0.480 e. The number of nitrogens with zero attached hydrogens (tertiary/aromatic N) is 2. The summed E-state index contributed by atoms with van der Waals surface area (Å²) in [6, 6.07) is 3.66. The maximum atomic E-state index is 12.5. The zero-order valence-electron chi connectivity index (χ0n) is 12.0. The summed E-state index contributed by atoms with van der Waals surface area (Å²) in [5.41, 5.74) is -2.05. The Kier molecular flexibility index (Phi) is 4.40. The number of benzene rings is 1. The molecule has 0 heterocycles. The highest BCUT2D eigenvalue weighted by atomic mass is 32.2. The molecule has 0 radical (unpaired) electrons. The van der Waals surface area contributed by atoms with Crippen LogP contribution in [0.5, 0.6) is 0 Å². The molecule has 1 N–H and O–H groups in total. The van der Waals surface area contributed by atoms with Crippen molar-refractivity contribution in [1.29, 1.82) is 0 Å². The molecule has 116 valence electrons. The number of sulfonamides is 1. The van der Waals surface area contributed by atoms with Crippen LogP contribution < -0.4 is 0 Å². The van der Waals surface area contributed by atoms with Gasteiger partial charge in [-0.15, -0.1) is 0 Å². The quantitative estimate of drug-likeness (QED) is 0.647.